The maximum Gasteiger partial charge on any atom is 0.230 e. The van der Waals surface area contributed by atoms with Crippen molar-refractivity contribution in [3.63, 3.8) is 0 Å². The minimum atomic E-state index is -0.410. The van der Waals surface area contributed by atoms with E-state index in [9.17, 15) is 9.90 Å². The van der Waals surface area contributed by atoms with Crippen LogP contribution in [0.25, 0.3) is 0 Å². The van der Waals surface area contributed by atoms with Crippen molar-refractivity contribution < 1.29 is 9.90 Å². The fraction of sp³-hybridized carbons (Fsp3) is 0.889. The van der Waals surface area contributed by atoms with E-state index in [0.29, 0.717) is 5.75 Å². The second-order valence-corrected chi connectivity index (χ2v) is 3.99. The second-order valence-electron chi connectivity index (χ2n) is 3.13. The Morgan fingerprint density at radius 1 is 1.46 bits per heavy atom. The first kappa shape index (κ1) is 12.8. The molecule has 4 heteroatoms. The van der Waals surface area contributed by atoms with Crippen LogP contribution in [0.4, 0.5) is 0 Å². The molecule has 3 nitrogen and oxygen atoms in total. The normalized spacial score (nSPS) is 11.4. The Kier molecular flexibility index (Phi) is 6.16. The molecule has 0 aliphatic rings. The monoisotopic (exact) mass is 205 g/mol. The van der Waals surface area contributed by atoms with Crippen molar-refractivity contribution in [3.8, 4) is 0 Å². The Labute approximate surface area is 84.3 Å². The number of nitrogens with one attached hydrogen (secondary N) is 1. The van der Waals surface area contributed by atoms with Gasteiger partial charge in [0.25, 0.3) is 0 Å². The first-order valence-electron chi connectivity index (χ1n) is 4.55. The lowest BCUT2D eigenvalue weighted by Crippen LogP contribution is -2.51. The van der Waals surface area contributed by atoms with Gasteiger partial charge in [-0.25, -0.2) is 0 Å². The third-order valence-corrected chi connectivity index (χ3v) is 2.89. The van der Waals surface area contributed by atoms with E-state index in [0.717, 1.165) is 12.8 Å². The summed E-state index contributed by atoms with van der Waals surface area (Å²) in [6.07, 6.45) is 3.42. The third-order valence-electron chi connectivity index (χ3n) is 2.34. The number of amides is 1. The molecular formula is C9H19NO2S. The molecule has 78 valence electrons. The third kappa shape index (κ3) is 4.00. The zero-order chi connectivity index (χ0) is 10.3. The molecule has 0 aliphatic carbocycles. The molecule has 13 heavy (non-hydrogen) atoms. The van der Waals surface area contributed by atoms with Crippen molar-refractivity contribution in [3.05, 3.63) is 0 Å². The van der Waals surface area contributed by atoms with Gasteiger partial charge in [0.05, 0.1) is 17.9 Å². The highest BCUT2D eigenvalue weighted by Crippen LogP contribution is 2.14. The van der Waals surface area contributed by atoms with E-state index >= 15 is 0 Å². The number of rotatable bonds is 6. The predicted molar refractivity (Wildman–Crippen MR) is 56.9 cm³/mol. The van der Waals surface area contributed by atoms with Crippen molar-refractivity contribution in [2.24, 2.45) is 0 Å². The quantitative estimate of drug-likeness (QED) is 0.680. The van der Waals surface area contributed by atoms with E-state index in [1.165, 1.54) is 11.8 Å². The molecule has 0 unspecified atom stereocenters. The van der Waals surface area contributed by atoms with E-state index in [1.807, 2.05) is 20.1 Å². The van der Waals surface area contributed by atoms with E-state index in [4.69, 9.17) is 0 Å². The molecule has 0 heterocycles. The highest BCUT2D eigenvalue weighted by atomic mass is 32.2. The van der Waals surface area contributed by atoms with Crippen LogP contribution in [0, 0.1) is 0 Å². The standard InChI is InChI=1S/C9H19NO2S/c1-4-9(5-2,7-11)10-8(12)6-13-3/h11H,4-7H2,1-3H3,(H,10,12). The number of thioether (sulfide) groups is 1. The molecule has 0 aromatic heterocycles. The lowest BCUT2D eigenvalue weighted by molar-refractivity contribution is -0.121. The SMILES string of the molecule is CCC(CC)(CO)NC(=O)CSC. The number of carbonyl (C=O) groups excluding carboxylic acids is 1. The van der Waals surface area contributed by atoms with Gasteiger partial charge in [-0.1, -0.05) is 13.8 Å². The average Bonchev–Trinajstić information content (AvgIpc) is 2.15. The topological polar surface area (TPSA) is 49.3 Å². The van der Waals surface area contributed by atoms with Crippen LogP contribution in [0.3, 0.4) is 0 Å². The van der Waals surface area contributed by atoms with E-state index in [1.54, 1.807) is 0 Å². The maximum atomic E-state index is 11.3. The lowest BCUT2D eigenvalue weighted by atomic mass is 9.94. The summed E-state index contributed by atoms with van der Waals surface area (Å²) < 4.78 is 0. The lowest BCUT2D eigenvalue weighted by Gasteiger charge is -2.30. The van der Waals surface area contributed by atoms with Crippen molar-refractivity contribution in [1.29, 1.82) is 0 Å². The average molecular weight is 205 g/mol. The molecule has 2 N–H and O–H groups in total. The number of carbonyl (C=O) groups is 1. The van der Waals surface area contributed by atoms with E-state index in [-0.39, 0.29) is 12.5 Å². The summed E-state index contributed by atoms with van der Waals surface area (Å²) in [7, 11) is 0. The first-order valence-corrected chi connectivity index (χ1v) is 5.94. The van der Waals surface area contributed by atoms with Crippen LogP contribution >= 0.6 is 11.8 Å². The molecule has 0 saturated heterocycles. The molecule has 0 radical (unpaired) electrons. The summed E-state index contributed by atoms with van der Waals surface area (Å²) in [5.41, 5.74) is -0.410. The largest absolute Gasteiger partial charge is 0.394 e. The van der Waals surface area contributed by atoms with Crippen LogP contribution in [0.1, 0.15) is 26.7 Å². The number of hydrogen-bond acceptors (Lipinski definition) is 3. The van der Waals surface area contributed by atoms with Crippen LogP contribution in [-0.4, -0.2) is 35.2 Å². The molecule has 0 atom stereocenters. The molecule has 0 bridgehead atoms. The van der Waals surface area contributed by atoms with Gasteiger partial charge in [0.15, 0.2) is 0 Å². The highest BCUT2D eigenvalue weighted by molar-refractivity contribution is 7.99. The summed E-state index contributed by atoms with van der Waals surface area (Å²) in [4.78, 5) is 11.3. The Morgan fingerprint density at radius 3 is 2.31 bits per heavy atom. The van der Waals surface area contributed by atoms with Gasteiger partial charge in [-0.05, 0) is 19.1 Å². The van der Waals surface area contributed by atoms with Crippen LogP contribution in [0.15, 0.2) is 0 Å². The van der Waals surface area contributed by atoms with Gasteiger partial charge < -0.3 is 10.4 Å². The van der Waals surface area contributed by atoms with Gasteiger partial charge in [0, 0.05) is 0 Å². The molecule has 0 spiro atoms. The van der Waals surface area contributed by atoms with Gasteiger partial charge in [-0.15, -0.1) is 0 Å². The molecule has 0 aromatic carbocycles. The molecular weight excluding hydrogens is 186 g/mol. The highest BCUT2D eigenvalue weighted by Gasteiger charge is 2.26. The Hall–Kier alpha value is -0.220. The van der Waals surface area contributed by atoms with Crippen LogP contribution < -0.4 is 5.32 Å². The number of aliphatic hydroxyl groups is 1. The number of aliphatic hydroxyl groups excluding tert-OH is 1. The summed E-state index contributed by atoms with van der Waals surface area (Å²) in [6.45, 7) is 3.96. The van der Waals surface area contributed by atoms with E-state index in [2.05, 4.69) is 5.32 Å². The minimum Gasteiger partial charge on any atom is -0.394 e. The Bertz CT molecular complexity index is 149. The molecule has 0 fully saturated rings. The zero-order valence-corrected chi connectivity index (χ0v) is 9.41. The van der Waals surface area contributed by atoms with Crippen LogP contribution in [-0.2, 0) is 4.79 Å². The molecule has 0 saturated carbocycles. The fourth-order valence-electron chi connectivity index (χ4n) is 1.15. The maximum absolute atomic E-state index is 11.3. The Balaban J connectivity index is 4.16. The summed E-state index contributed by atoms with van der Waals surface area (Å²) in [5, 5.41) is 12.0. The van der Waals surface area contributed by atoms with Crippen molar-refractivity contribution in [2.45, 2.75) is 32.2 Å². The Morgan fingerprint density at radius 2 is 2.00 bits per heavy atom. The predicted octanol–water partition coefficient (Wildman–Crippen LogP) is 1.02. The molecule has 0 aromatic rings. The van der Waals surface area contributed by atoms with Gasteiger partial charge in [-0.3, -0.25) is 4.79 Å². The van der Waals surface area contributed by atoms with Crippen LogP contribution in [0.2, 0.25) is 0 Å². The zero-order valence-electron chi connectivity index (χ0n) is 8.59. The van der Waals surface area contributed by atoms with Crippen molar-refractivity contribution in [2.75, 3.05) is 18.6 Å². The van der Waals surface area contributed by atoms with Crippen molar-refractivity contribution in [1.82, 2.24) is 5.32 Å². The molecule has 0 rings (SSSR count). The summed E-state index contributed by atoms with van der Waals surface area (Å²) in [6, 6.07) is 0. The first-order chi connectivity index (χ1) is 6.14. The smallest absolute Gasteiger partial charge is 0.230 e. The van der Waals surface area contributed by atoms with Gasteiger partial charge >= 0.3 is 0 Å². The minimum absolute atomic E-state index is 0.00486. The second kappa shape index (κ2) is 6.27. The fourth-order valence-corrected chi connectivity index (χ4v) is 1.49. The van der Waals surface area contributed by atoms with E-state index < -0.39 is 5.54 Å². The summed E-state index contributed by atoms with van der Waals surface area (Å²) in [5.74, 6) is 0.465. The number of hydrogen-bond donors (Lipinski definition) is 2. The van der Waals surface area contributed by atoms with Gasteiger partial charge in [0.2, 0.25) is 5.91 Å². The molecule has 1 amide bonds. The molecule has 0 aliphatic heterocycles. The van der Waals surface area contributed by atoms with Gasteiger partial charge in [0.1, 0.15) is 0 Å². The van der Waals surface area contributed by atoms with Gasteiger partial charge in [-0.2, -0.15) is 11.8 Å². The van der Waals surface area contributed by atoms with Crippen LogP contribution in [0.5, 0.6) is 0 Å². The van der Waals surface area contributed by atoms with Crippen molar-refractivity contribution >= 4 is 17.7 Å². The summed E-state index contributed by atoms with van der Waals surface area (Å²) >= 11 is 1.49.